The SMILES string of the molecule is CN(C)C1(c2ccccc2)CCC2(CC1)CNC(O)N2CC1(C#N)CCC1. The molecular weight excluding hydrogens is 336 g/mol. The van der Waals surface area contributed by atoms with Crippen molar-refractivity contribution in [2.24, 2.45) is 5.41 Å². The molecule has 5 nitrogen and oxygen atoms in total. The summed E-state index contributed by atoms with van der Waals surface area (Å²) in [5.74, 6) is 0. The second-order valence-corrected chi connectivity index (χ2v) is 9.14. The summed E-state index contributed by atoms with van der Waals surface area (Å²) in [6.45, 7) is 1.51. The molecule has 1 spiro atoms. The molecule has 2 aliphatic carbocycles. The summed E-state index contributed by atoms with van der Waals surface area (Å²) in [6.07, 6.45) is 6.64. The number of nitrogens with one attached hydrogen (secondary N) is 1. The van der Waals surface area contributed by atoms with E-state index in [1.807, 2.05) is 0 Å². The van der Waals surface area contributed by atoms with Gasteiger partial charge in [-0.05, 0) is 58.2 Å². The summed E-state index contributed by atoms with van der Waals surface area (Å²) in [4.78, 5) is 4.60. The van der Waals surface area contributed by atoms with Crippen LogP contribution in [0.2, 0.25) is 0 Å². The summed E-state index contributed by atoms with van der Waals surface area (Å²) in [7, 11) is 4.37. The molecule has 0 bridgehead atoms. The van der Waals surface area contributed by atoms with Gasteiger partial charge >= 0.3 is 0 Å². The second-order valence-electron chi connectivity index (χ2n) is 9.14. The summed E-state index contributed by atoms with van der Waals surface area (Å²) in [5, 5.41) is 23.6. The van der Waals surface area contributed by atoms with E-state index < -0.39 is 6.35 Å². The van der Waals surface area contributed by atoms with E-state index >= 15 is 0 Å². The largest absolute Gasteiger partial charge is 0.365 e. The maximum Gasteiger partial charge on any atom is 0.163 e. The van der Waals surface area contributed by atoms with Crippen molar-refractivity contribution in [1.29, 1.82) is 5.26 Å². The van der Waals surface area contributed by atoms with Gasteiger partial charge in [-0.15, -0.1) is 0 Å². The fourth-order valence-corrected chi connectivity index (χ4v) is 5.58. The Balaban J connectivity index is 1.56. The molecule has 1 heterocycles. The maximum atomic E-state index is 10.6. The first kappa shape index (κ1) is 18.9. The van der Waals surface area contributed by atoms with E-state index in [0.29, 0.717) is 6.54 Å². The van der Waals surface area contributed by atoms with Gasteiger partial charge in [0.1, 0.15) is 0 Å². The third-order valence-electron chi connectivity index (χ3n) is 7.71. The Bertz CT molecular complexity index is 699. The monoisotopic (exact) mass is 368 g/mol. The Morgan fingerprint density at radius 2 is 1.81 bits per heavy atom. The van der Waals surface area contributed by atoms with Gasteiger partial charge in [0.25, 0.3) is 0 Å². The molecule has 4 rings (SSSR count). The van der Waals surface area contributed by atoms with Gasteiger partial charge in [-0.1, -0.05) is 36.8 Å². The maximum absolute atomic E-state index is 10.6. The van der Waals surface area contributed by atoms with E-state index in [2.05, 4.69) is 65.6 Å². The van der Waals surface area contributed by atoms with Crippen molar-refractivity contribution in [2.75, 3.05) is 27.2 Å². The van der Waals surface area contributed by atoms with Gasteiger partial charge in [0.2, 0.25) is 0 Å². The predicted molar refractivity (Wildman–Crippen MR) is 106 cm³/mol. The van der Waals surface area contributed by atoms with Crippen LogP contribution in [0.25, 0.3) is 0 Å². The number of aliphatic hydroxyl groups is 1. The molecule has 27 heavy (non-hydrogen) atoms. The zero-order valence-corrected chi connectivity index (χ0v) is 16.6. The molecule has 2 saturated carbocycles. The Hall–Kier alpha value is -1.45. The van der Waals surface area contributed by atoms with E-state index in [-0.39, 0.29) is 16.5 Å². The van der Waals surface area contributed by atoms with Crippen molar-refractivity contribution < 1.29 is 5.11 Å². The highest BCUT2D eigenvalue weighted by atomic mass is 16.3. The Morgan fingerprint density at radius 1 is 1.15 bits per heavy atom. The second kappa shape index (κ2) is 6.86. The molecular formula is C22H32N4O. The Labute approximate surface area is 163 Å². The molecule has 1 unspecified atom stereocenters. The molecule has 3 aliphatic rings. The topological polar surface area (TPSA) is 62.5 Å². The molecule has 0 amide bonds. The molecule has 0 radical (unpaired) electrons. The smallest absolute Gasteiger partial charge is 0.163 e. The van der Waals surface area contributed by atoms with Crippen LogP contribution in [-0.2, 0) is 5.54 Å². The molecule has 1 aromatic rings. The highest BCUT2D eigenvalue weighted by Gasteiger charge is 2.54. The van der Waals surface area contributed by atoms with E-state index in [0.717, 1.165) is 51.5 Å². The summed E-state index contributed by atoms with van der Waals surface area (Å²) in [6, 6.07) is 13.4. The molecule has 1 aromatic carbocycles. The lowest BCUT2D eigenvalue weighted by Crippen LogP contribution is -2.58. The molecule has 3 fully saturated rings. The minimum absolute atomic E-state index is 0.0346. The van der Waals surface area contributed by atoms with Crippen molar-refractivity contribution in [1.82, 2.24) is 15.1 Å². The van der Waals surface area contributed by atoms with Crippen LogP contribution >= 0.6 is 0 Å². The molecule has 1 atom stereocenters. The Kier molecular flexibility index (Phi) is 4.80. The number of aliphatic hydroxyl groups excluding tert-OH is 1. The van der Waals surface area contributed by atoms with Crippen LogP contribution < -0.4 is 5.32 Å². The van der Waals surface area contributed by atoms with Crippen LogP contribution in [0.1, 0.15) is 50.5 Å². The lowest BCUT2D eigenvalue weighted by Gasteiger charge is -2.53. The molecule has 146 valence electrons. The van der Waals surface area contributed by atoms with Gasteiger partial charge in [0.15, 0.2) is 6.35 Å². The number of benzene rings is 1. The summed E-state index contributed by atoms with van der Waals surface area (Å²) in [5.41, 5.74) is 1.15. The normalized spacial score (nSPS) is 35.9. The zero-order valence-electron chi connectivity index (χ0n) is 16.6. The van der Waals surface area contributed by atoms with Crippen LogP contribution in [-0.4, -0.2) is 54.0 Å². The highest BCUT2D eigenvalue weighted by Crippen LogP contribution is 2.50. The van der Waals surface area contributed by atoms with Crippen molar-refractivity contribution in [3.05, 3.63) is 35.9 Å². The number of nitriles is 1. The van der Waals surface area contributed by atoms with E-state index in [9.17, 15) is 10.4 Å². The molecule has 1 aliphatic heterocycles. The van der Waals surface area contributed by atoms with Crippen LogP contribution in [0.4, 0.5) is 0 Å². The number of hydrogen-bond acceptors (Lipinski definition) is 5. The van der Waals surface area contributed by atoms with Crippen molar-refractivity contribution in [2.45, 2.75) is 62.4 Å². The minimum Gasteiger partial charge on any atom is -0.365 e. The zero-order chi connectivity index (χ0) is 19.1. The first-order valence-corrected chi connectivity index (χ1v) is 10.3. The quantitative estimate of drug-likeness (QED) is 0.855. The van der Waals surface area contributed by atoms with Crippen molar-refractivity contribution in [3.8, 4) is 6.07 Å². The third-order valence-corrected chi connectivity index (χ3v) is 7.71. The van der Waals surface area contributed by atoms with Gasteiger partial charge < -0.3 is 5.11 Å². The van der Waals surface area contributed by atoms with Crippen LogP contribution in [0, 0.1) is 16.7 Å². The van der Waals surface area contributed by atoms with Crippen LogP contribution in [0.15, 0.2) is 30.3 Å². The summed E-state index contributed by atoms with van der Waals surface area (Å²) < 4.78 is 0. The lowest BCUT2D eigenvalue weighted by atomic mass is 9.66. The van der Waals surface area contributed by atoms with Gasteiger partial charge in [-0.3, -0.25) is 15.1 Å². The molecule has 0 aromatic heterocycles. The van der Waals surface area contributed by atoms with Crippen molar-refractivity contribution in [3.63, 3.8) is 0 Å². The van der Waals surface area contributed by atoms with Crippen molar-refractivity contribution >= 4 is 0 Å². The Morgan fingerprint density at radius 3 is 2.33 bits per heavy atom. The fourth-order valence-electron chi connectivity index (χ4n) is 5.58. The van der Waals surface area contributed by atoms with Gasteiger partial charge in [-0.2, -0.15) is 5.26 Å². The number of hydrogen-bond donors (Lipinski definition) is 2. The standard InChI is InChI=1S/C22H32N4O/c1-25(2)22(18-7-4-3-5-8-18)13-11-21(12-14-22)16-24-19(27)26(21)17-20(15-23)9-6-10-20/h3-5,7-8,19,24,27H,6,9-14,16-17H2,1-2H3. The predicted octanol–water partition coefficient (Wildman–Crippen LogP) is 2.63. The minimum atomic E-state index is -0.626. The van der Waals surface area contributed by atoms with E-state index in [1.165, 1.54) is 5.56 Å². The van der Waals surface area contributed by atoms with Gasteiger partial charge in [0.05, 0.1) is 11.5 Å². The number of nitrogens with zero attached hydrogens (tertiary/aromatic N) is 3. The van der Waals surface area contributed by atoms with Gasteiger partial charge in [0, 0.05) is 24.2 Å². The average molecular weight is 369 g/mol. The highest BCUT2D eigenvalue weighted by molar-refractivity contribution is 5.27. The number of rotatable bonds is 4. The first-order valence-electron chi connectivity index (χ1n) is 10.3. The fraction of sp³-hybridized carbons (Fsp3) is 0.682. The van der Waals surface area contributed by atoms with E-state index in [1.54, 1.807) is 0 Å². The third kappa shape index (κ3) is 3.00. The lowest BCUT2D eigenvalue weighted by molar-refractivity contribution is -0.0809. The molecule has 1 saturated heterocycles. The van der Waals surface area contributed by atoms with E-state index in [4.69, 9.17) is 0 Å². The molecule has 5 heteroatoms. The van der Waals surface area contributed by atoms with Crippen LogP contribution in [0.5, 0.6) is 0 Å². The average Bonchev–Trinajstić information content (AvgIpc) is 2.95. The summed E-state index contributed by atoms with van der Waals surface area (Å²) >= 11 is 0. The van der Waals surface area contributed by atoms with Crippen LogP contribution in [0.3, 0.4) is 0 Å². The first-order chi connectivity index (χ1) is 13.0. The van der Waals surface area contributed by atoms with Gasteiger partial charge in [-0.25, -0.2) is 0 Å². The molecule has 2 N–H and O–H groups in total.